The molecule has 4 heteroatoms. The third-order valence-corrected chi connectivity index (χ3v) is 3.64. The van der Waals surface area contributed by atoms with E-state index in [0.29, 0.717) is 0 Å². The van der Waals surface area contributed by atoms with Gasteiger partial charge in [-0.2, -0.15) is 5.26 Å². The van der Waals surface area contributed by atoms with E-state index in [4.69, 9.17) is 0 Å². The summed E-state index contributed by atoms with van der Waals surface area (Å²) in [5.41, 5.74) is 0.680. The molecule has 0 aliphatic rings. The van der Waals surface area contributed by atoms with Crippen molar-refractivity contribution in [2.75, 3.05) is 6.54 Å². The molecule has 0 radical (unpaired) electrons. The second-order valence-corrected chi connectivity index (χ2v) is 5.39. The Bertz CT molecular complexity index is 597. The molecule has 0 aliphatic carbocycles. The van der Waals surface area contributed by atoms with Gasteiger partial charge in [-0.15, -0.1) is 0 Å². The number of aromatic nitrogens is 2. The van der Waals surface area contributed by atoms with Crippen LogP contribution in [0.3, 0.4) is 0 Å². The number of rotatable bonds is 7. The van der Waals surface area contributed by atoms with Crippen LogP contribution in [0.2, 0.25) is 0 Å². The molecule has 1 N–H and O–H groups in total. The highest BCUT2D eigenvalue weighted by Gasteiger charge is 2.21. The highest BCUT2D eigenvalue weighted by molar-refractivity contribution is 5.55. The van der Waals surface area contributed by atoms with Crippen LogP contribution in [0.5, 0.6) is 0 Å². The van der Waals surface area contributed by atoms with Gasteiger partial charge in [0, 0.05) is 24.5 Å². The fourth-order valence-corrected chi connectivity index (χ4v) is 2.51. The molecular weight excluding hydrogens is 260 g/mol. The lowest BCUT2D eigenvalue weighted by atomic mass is 9.97. The predicted molar refractivity (Wildman–Crippen MR) is 84.6 cm³/mol. The van der Waals surface area contributed by atoms with E-state index >= 15 is 0 Å². The van der Waals surface area contributed by atoms with Crippen LogP contribution in [0.1, 0.15) is 26.7 Å². The first-order valence-electron chi connectivity index (χ1n) is 7.41. The molecule has 0 aliphatic heterocycles. The average Bonchev–Trinajstić information content (AvgIpc) is 2.97. The molecule has 0 spiro atoms. The lowest BCUT2D eigenvalue weighted by Gasteiger charge is -2.22. The fourth-order valence-electron chi connectivity index (χ4n) is 2.51. The number of nitriles is 1. The normalized spacial score (nSPS) is 13.6. The monoisotopic (exact) mass is 282 g/mol. The summed E-state index contributed by atoms with van der Waals surface area (Å²) in [6, 6.07) is 12.5. The molecule has 0 fully saturated rings. The molecule has 0 saturated carbocycles. The molecule has 1 aromatic heterocycles. The summed E-state index contributed by atoms with van der Waals surface area (Å²) in [5.74, 6) is 0.984. The van der Waals surface area contributed by atoms with E-state index in [1.807, 2.05) is 44.4 Å². The van der Waals surface area contributed by atoms with Crippen LogP contribution in [0.4, 0.5) is 0 Å². The van der Waals surface area contributed by atoms with E-state index < -0.39 is 5.54 Å². The molecule has 0 bridgehead atoms. The summed E-state index contributed by atoms with van der Waals surface area (Å²) in [6.45, 7) is 5.67. The Labute approximate surface area is 126 Å². The van der Waals surface area contributed by atoms with Crippen molar-refractivity contribution < 1.29 is 0 Å². The van der Waals surface area contributed by atoms with E-state index in [1.54, 1.807) is 0 Å². The third kappa shape index (κ3) is 3.93. The van der Waals surface area contributed by atoms with Crippen molar-refractivity contribution in [3.05, 3.63) is 42.7 Å². The van der Waals surface area contributed by atoms with Gasteiger partial charge in [0.2, 0.25) is 0 Å². The van der Waals surface area contributed by atoms with Crippen molar-refractivity contribution in [3.63, 3.8) is 0 Å². The Balaban J connectivity index is 2.00. The first-order chi connectivity index (χ1) is 10.2. The molecule has 110 valence electrons. The number of hydrogen-bond acceptors (Lipinski definition) is 3. The quantitative estimate of drug-likeness (QED) is 0.848. The van der Waals surface area contributed by atoms with Gasteiger partial charge in [-0.05, 0) is 26.3 Å². The molecule has 0 saturated heterocycles. The van der Waals surface area contributed by atoms with E-state index in [1.165, 1.54) is 0 Å². The molecule has 1 atom stereocenters. The Kier molecular flexibility index (Phi) is 5.13. The van der Waals surface area contributed by atoms with Gasteiger partial charge in [0.1, 0.15) is 11.4 Å². The highest BCUT2D eigenvalue weighted by atomic mass is 15.1. The van der Waals surface area contributed by atoms with Crippen LogP contribution in [-0.4, -0.2) is 21.6 Å². The first kappa shape index (κ1) is 15.3. The summed E-state index contributed by atoms with van der Waals surface area (Å²) in [7, 11) is 0. The summed E-state index contributed by atoms with van der Waals surface area (Å²) in [4.78, 5) is 4.44. The number of benzene rings is 1. The molecule has 4 nitrogen and oxygen atoms in total. The molecule has 0 amide bonds. The van der Waals surface area contributed by atoms with Gasteiger partial charge in [-0.3, -0.25) is 5.32 Å². The second kappa shape index (κ2) is 7.05. The zero-order valence-corrected chi connectivity index (χ0v) is 12.7. The first-order valence-corrected chi connectivity index (χ1v) is 7.41. The summed E-state index contributed by atoms with van der Waals surface area (Å²) >= 11 is 0. The number of aryl methyl sites for hydroxylation is 1. The number of imidazole rings is 1. The van der Waals surface area contributed by atoms with Gasteiger partial charge in [0.25, 0.3) is 0 Å². The van der Waals surface area contributed by atoms with Crippen LogP contribution in [0.15, 0.2) is 42.7 Å². The maximum Gasteiger partial charge on any atom is 0.139 e. The van der Waals surface area contributed by atoms with Crippen molar-refractivity contribution >= 4 is 0 Å². The number of hydrogen-bond donors (Lipinski definition) is 1. The minimum atomic E-state index is -0.442. The van der Waals surface area contributed by atoms with Gasteiger partial charge in [-0.25, -0.2) is 4.98 Å². The SMILES string of the molecule is CCNC(C)(C#N)CCCn1ccnc1-c1ccccc1. The number of nitrogens with zero attached hydrogens (tertiary/aromatic N) is 3. The van der Waals surface area contributed by atoms with Crippen LogP contribution >= 0.6 is 0 Å². The van der Waals surface area contributed by atoms with Crippen LogP contribution in [0, 0.1) is 11.3 Å². The molecule has 2 aromatic rings. The maximum absolute atomic E-state index is 9.27. The Morgan fingerprint density at radius 3 is 2.76 bits per heavy atom. The molecule has 21 heavy (non-hydrogen) atoms. The van der Waals surface area contributed by atoms with Crippen LogP contribution < -0.4 is 5.32 Å². The molecule has 1 unspecified atom stereocenters. The number of nitrogens with one attached hydrogen (secondary N) is 1. The van der Waals surface area contributed by atoms with Crippen LogP contribution in [-0.2, 0) is 6.54 Å². The standard InChI is InChI=1S/C17H22N4/c1-3-20-17(2,14-18)10-7-12-21-13-11-19-16(21)15-8-5-4-6-9-15/h4-6,8-9,11,13,20H,3,7,10,12H2,1-2H3. The van der Waals surface area contributed by atoms with Gasteiger partial charge in [0.15, 0.2) is 0 Å². The fraction of sp³-hybridized carbons (Fsp3) is 0.412. The lowest BCUT2D eigenvalue weighted by molar-refractivity contribution is 0.404. The van der Waals surface area contributed by atoms with Crippen molar-refractivity contribution in [1.82, 2.24) is 14.9 Å². The maximum atomic E-state index is 9.27. The smallest absolute Gasteiger partial charge is 0.139 e. The largest absolute Gasteiger partial charge is 0.331 e. The molecule has 1 heterocycles. The minimum Gasteiger partial charge on any atom is -0.331 e. The van der Waals surface area contributed by atoms with Gasteiger partial charge < -0.3 is 4.57 Å². The van der Waals surface area contributed by atoms with Crippen molar-refractivity contribution in [3.8, 4) is 17.5 Å². The molecule has 1 aromatic carbocycles. The summed E-state index contributed by atoms with van der Waals surface area (Å²) in [6.07, 6.45) is 5.59. The summed E-state index contributed by atoms with van der Waals surface area (Å²) in [5, 5.41) is 12.5. The second-order valence-electron chi connectivity index (χ2n) is 5.39. The van der Waals surface area contributed by atoms with Crippen LogP contribution in [0.25, 0.3) is 11.4 Å². The van der Waals surface area contributed by atoms with E-state index in [0.717, 1.165) is 37.3 Å². The Morgan fingerprint density at radius 2 is 2.10 bits per heavy atom. The van der Waals surface area contributed by atoms with Gasteiger partial charge in [0.05, 0.1) is 6.07 Å². The van der Waals surface area contributed by atoms with E-state index in [2.05, 4.69) is 33.1 Å². The minimum absolute atomic E-state index is 0.442. The van der Waals surface area contributed by atoms with Crippen molar-refractivity contribution in [2.24, 2.45) is 0 Å². The van der Waals surface area contributed by atoms with Crippen molar-refractivity contribution in [1.29, 1.82) is 5.26 Å². The van der Waals surface area contributed by atoms with E-state index in [9.17, 15) is 5.26 Å². The lowest BCUT2D eigenvalue weighted by Crippen LogP contribution is -2.40. The topological polar surface area (TPSA) is 53.6 Å². The third-order valence-electron chi connectivity index (χ3n) is 3.64. The van der Waals surface area contributed by atoms with Crippen molar-refractivity contribution in [2.45, 2.75) is 38.8 Å². The highest BCUT2D eigenvalue weighted by Crippen LogP contribution is 2.18. The Morgan fingerprint density at radius 1 is 1.33 bits per heavy atom. The average molecular weight is 282 g/mol. The zero-order chi connectivity index (χ0) is 15.1. The zero-order valence-electron chi connectivity index (χ0n) is 12.7. The summed E-state index contributed by atoms with van der Waals surface area (Å²) < 4.78 is 2.15. The molecular formula is C17H22N4. The Hall–Kier alpha value is -2.12. The van der Waals surface area contributed by atoms with Gasteiger partial charge >= 0.3 is 0 Å². The van der Waals surface area contributed by atoms with E-state index in [-0.39, 0.29) is 0 Å². The predicted octanol–water partition coefficient (Wildman–Crippen LogP) is 3.22. The molecule has 2 rings (SSSR count). The van der Waals surface area contributed by atoms with Gasteiger partial charge in [-0.1, -0.05) is 37.3 Å².